The van der Waals surface area contributed by atoms with Gasteiger partial charge in [-0.1, -0.05) is 0 Å². The van der Waals surface area contributed by atoms with Gasteiger partial charge in [-0.15, -0.1) is 0 Å². The van der Waals surface area contributed by atoms with Crippen molar-refractivity contribution in [2.75, 3.05) is 77.6 Å². The van der Waals surface area contributed by atoms with Crippen LogP contribution < -0.4 is 26.6 Å². The van der Waals surface area contributed by atoms with Gasteiger partial charge in [0, 0.05) is 67.7 Å². The maximum Gasteiger partial charge on any atom is 0.316 e. The minimum absolute atomic E-state index is 0.181. The smallest absolute Gasteiger partial charge is 0.316 e. The van der Waals surface area contributed by atoms with Gasteiger partial charge in [-0.2, -0.15) is 25.3 Å². The molecule has 5 fully saturated rings. The minimum Gasteiger partial charge on any atom is -0.456 e. The molecule has 93 heavy (non-hydrogen) atoms. The second-order valence-electron chi connectivity index (χ2n) is 20.7. The van der Waals surface area contributed by atoms with Crippen LogP contribution in [0.1, 0.15) is 69.2 Å². The summed E-state index contributed by atoms with van der Waals surface area (Å²) in [4.78, 5) is 78.5. The number of carbonyl (C=O) groups is 7. The van der Waals surface area contributed by atoms with Crippen LogP contribution in [0, 0.1) is 0 Å². The number of esters is 2. The predicted molar refractivity (Wildman–Crippen MR) is 320 cm³/mol. The van der Waals surface area contributed by atoms with Crippen LogP contribution in [0.15, 0.2) is 0 Å². The van der Waals surface area contributed by atoms with E-state index in [4.69, 9.17) is 72.2 Å². The summed E-state index contributed by atoms with van der Waals surface area (Å²) in [5.41, 5.74) is 0. The van der Waals surface area contributed by atoms with Crippen LogP contribution in [0.5, 0.6) is 0 Å². The lowest BCUT2D eigenvalue weighted by molar-refractivity contribution is -0.272. The third kappa shape index (κ3) is 27.8. The standard InChI is InChI=1S/2C12H21NO7S.3C10H19NO6/c2*1-3-18-12-9(13-6(2)15)11(20-8(16)5-21)10(17)7(4-14)19-12;3*1-3-16-10-7(11-5(2)13)9(15)8(14)6(4-12)17-10/h2*7,9-12,14,17,21H,3-5H2,1-2H3,(H,13,15);3*6-10,12,14-15H,3-4H2,1-2H3,(H,11,13). The quantitative estimate of drug-likeness (QED) is 0.0315. The number of amides is 5. The van der Waals surface area contributed by atoms with E-state index < -0.39 is 210 Å². The van der Waals surface area contributed by atoms with Crippen LogP contribution in [0.3, 0.4) is 0 Å². The molecule has 25 atom stereocenters. The Balaban J connectivity index is 0.000000583. The normalized spacial score (nSPS) is 35.4. The van der Waals surface area contributed by atoms with Crippen molar-refractivity contribution in [1.29, 1.82) is 0 Å². The maximum atomic E-state index is 11.4. The second kappa shape index (κ2) is 45.6. The van der Waals surface area contributed by atoms with E-state index in [2.05, 4.69) is 51.8 Å². The summed E-state index contributed by atoms with van der Waals surface area (Å²) in [6.07, 6.45) is -21.7. The van der Waals surface area contributed by atoms with Gasteiger partial charge in [-0.05, 0) is 34.6 Å². The molecular formula is C54H99N5O32S2. The van der Waals surface area contributed by atoms with Crippen LogP contribution >= 0.6 is 25.3 Å². The Labute approximate surface area is 548 Å². The molecule has 39 heteroatoms. The van der Waals surface area contributed by atoms with Gasteiger partial charge in [0.15, 0.2) is 43.7 Å². The lowest BCUT2D eigenvalue weighted by Gasteiger charge is -2.43. The number of thiol groups is 2. The van der Waals surface area contributed by atoms with Crippen molar-refractivity contribution in [1.82, 2.24) is 26.6 Å². The van der Waals surface area contributed by atoms with Gasteiger partial charge in [0.2, 0.25) is 29.5 Å². The number of hydrogen-bond acceptors (Lipinski definition) is 34. The first-order valence-corrected chi connectivity index (χ1v) is 31.0. The highest BCUT2D eigenvalue weighted by Crippen LogP contribution is 2.28. The molecule has 0 aromatic carbocycles. The first kappa shape index (κ1) is 87.1. The molecule has 37 nitrogen and oxygen atoms in total. The Kier molecular flexibility index (Phi) is 42.7. The van der Waals surface area contributed by atoms with Crippen LogP contribution in [0.2, 0.25) is 0 Å². The van der Waals surface area contributed by atoms with Gasteiger partial charge in [0.1, 0.15) is 110 Å². The number of aliphatic hydroxyl groups is 13. The molecule has 5 aliphatic heterocycles. The topological polar surface area (TPSA) is 553 Å². The van der Waals surface area contributed by atoms with E-state index in [1.165, 1.54) is 34.6 Å². The minimum atomic E-state index is -1.30. The molecule has 0 aromatic heterocycles. The molecule has 5 rings (SSSR count). The number of ether oxygens (including phenoxy) is 12. The lowest BCUT2D eigenvalue weighted by Crippen LogP contribution is -2.65. The molecule has 5 aliphatic rings. The van der Waals surface area contributed by atoms with Crippen molar-refractivity contribution in [3.63, 3.8) is 0 Å². The molecule has 0 radical (unpaired) electrons. The summed E-state index contributed by atoms with van der Waals surface area (Å²) in [5.74, 6) is -3.56. The Bertz CT molecular complexity index is 2000. The van der Waals surface area contributed by atoms with Crippen molar-refractivity contribution >= 4 is 66.7 Å². The van der Waals surface area contributed by atoms with Crippen molar-refractivity contribution < 1.29 is 157 Å². The Morgan fingerprint density at radius 1 is 0.323 bits per heavy atom. The number of rotatable bonds is 24. The van der Waals surface area contributed by atoms with Gasteiger partial charge in [-0.3, -0.25) is 33.6 Å². The average molecular weight is 1390 g/mol. The Morgan fingerprint density at radius 2 is 0.505 bits per heavy atom. The molecule has 0 saturated carbocycles. The van der Waals surface area contributed by atoms with Gasteiger partial charge in [-0.25, -0.2) is 0 Å². The van der Waals surface area contributed by atoms with E-state index in [0.29, 0.717) is 19.8 Å². The summed E-state index contributed by atoms with van der Waals surface area (Å²) in [7, 11) is 0. The number of aliphatic hydroxyl groups excluding tert-OH is 13. The monoisotopic (exact) mass is 1390 g/mol. The zero-order chi connectivity index (χ0) is 71.0. The zero-order valence-electron chi connectivity index (χ0n) is 53.4. The van der Waals surface area contributed by atoms with Crippen molar-refractivity contribution in [3.8, 4) is 0 Å². The van der Waals surface area contributed by atoms with Crippen LogP contribution in [-0.2, 0) is 90.4 Å². The number of carbonyl (C=O) groups excluding carboxylic acids is 7. The Hall–Kier alpha value is -3.93. The zero-order valence-corrected chi connectivity index (χ0v) is 55.2. The van der Waals surface area contributed by atoms with Gasteiger partial charge < -0.3 is 150 Å². The predicted octanol–water partition coefficient (Wildman–Crippen LogP) is -9.21. The largest absolute Gasteiger partial charge is 0.456 e. The molecule has 544 valence electrons. The molecule has 0 aromatic rings. The third-order valence-corrected chi connectivity index (χ3v) is 14.2. The molecule has 5 saturated heterocycles. The fraction of sp³-hybridized carbons (Fsp3) is 0.870. The third-order valence-electron chi connectivity index (χ3n) is 13.6. The maximum absolute atomic E-state index is 11.4. The van der Waals surface area contributed by atoms with Crippen LogP contribution in [0.25, 0.3) is 0 Å². The van der Waals surface area contributed by atoms with Gasteiger partial charge >= 0.3 is 11.9 Å². The summed E-state index contributed by atoms with van der Waals surface area (Å²) < 4.78 is 63.3. The number of hydrogen-bond donors (Lipinski definition) is 20. The van der Waals surface area contributed by atoms with Crippen LogP contribution in [0.4, 0.5) is 0 Å². The fourth-order valence-corrected chi connectivity index (χ4v) is 9.66. The first-order chi connectivity index (χ1) is 43.9. The molecular weight excluding hydrogens is 1290 g/mol. The Morgan fingerprint density at radius 3 is 0.677 bits per heavy atom. The highest BCUT2D eigenvalue weighted by molar-refractivity contribution is 7.81. The highest BCUT2D eigenvalue weighted by atomic mass is 32.1. The fourth-order valence-electron chi connectivity index (χ4n) is 9.51. The lowest BCUT2D eigenvalue weighted by atomic mass is 9.96. The van der Waals surface area contributed by atoms with Gasteiger partial charge in [0.25, 0.3) is 0 Å². The van der Waals surface area contributed by atoms with E-state index in [9.17, 15) is 84.6 Å². The second-order valence-corrected chi connectivity index (χ2v) is 21.3. The highest BCUT2D eigenvalue weighted by Gasteiger charge is 2.51. The molecule has 0 aliphatic carbocycles. The SMILES string of the molecule is CCOC1OC(CO)C(O)C(O)C1NC(C)=O.CCOC1OC(CO)C(O)C(O)C1NC(C)=O.CCOC1OC(CO)C(O)C(O)C1NC(C)=O.CCOC1OC(CO)C(O)C(OC(=O)CS)C1NC(C)=O.CCOC1OC(CO)C(O)C(OC(=O)CS)C1NC(C)=O. The summed E-state index contributed by atoms with van der Waals surface area (Å²) >= 11 is 7.60. The van der Waals surface area contributed by atoms with E-state index in [1.54, 1.807) is 34.6 Å². The van der Waals surface area contributed by atoms with Crippen molar-refractivity contribution in [2.24, 2.45) is 0 Å². The molecule has 18 N–H and O–H groups in total. The molecule has 0 spiro atoms. The van der Waals surface area contributed by atoms with Gasteiger partial charge in [0.05, 0.1) is 44.5 Å². The van der Waals surface area contributed by atoms with E-state index in [1.807, 2.05) is 0 Å². The summed E-state index contributed by atoms with van der Waals surface area (Å²) in [5, 5.41) is 137. The van der Waals surface area contributed by atoms with E-state index >= 15 is 0 Å². The average Bonchev–Trinajstić information content (AvgIpc) is 0.889. The van der Waals surface area contributed by atoms with Crippen molar-refractivity contribution in [3.05, 3.63) is 0 Å². The van der Waals surface area contributed by atoms with Crippen LogP contribution in [-0.4, -0.2) is 339 Å². The first-order valence-electron chi connectivity index (χ1n) is 29.7. The molecule has 25 unspecified atom stereocenters. The van der Waals surface area contributed by atoms with E-state index in [-0.39, 0.29) is 42.4 Å². The van der Waals surface area contributed by atoms with Crippen molar-refractivity contribution in [2.45, 2.75) is 222 Å². The molecule has 0 bridgehead atoms. The molecule has 5 amide bonds. The number of nitrogens with one attached hydrogen (secondary N) is 5. The summed E-state index contributed by atoms with van der Waals surface area (Å²) in [6.45, 7) is 14.4. The van der Waals surface area contributed by atoms with E-state index in [0.717, 1.165) is 0 Å². The molecule has 5 heterocycles. The summed E-state index contributed by atoms with van der Waals surface area (Å²) in [6, 6.07) is -4.34.